The number of hydrogen-bond acceptors (Lipinski definition) is 2. The van der Waals surface area contributed by atoms with Crippen molar-refractivity contribution in [1.29, 1.82) is 0 Å². The lowest BCUT2D eigenvalue weighted by molar-refractivity contribution is 0.0322. The monoisotopic (exact) mass is 415 g/mol. The zero-order valence-corrected chi connectivity index (χ0v) is 17.8. The number of halogens is 1. The summed E-state index contributed by atoms with van der Waals surface area (Å²) in [5.74, 6) is 1.67. The van der Waals surface area contributed by atoms with E-state index in [0.29, 0.717) is 12.0 Å². The fourth-order valence-corrected chi connectivity index (χ4v) is 5.01. The molecule has 0 amide bonds. The van der Waals surface area contributed by atoms with E-state index in [4.69, 9.17) is 4.74 Å². The zero-order valence-electron chi connectivity index (χ0n) is 16.1. The van der Waals surface area contributed by atoms with Gasteiger partial charge in [-0.25, -0.2) is 0 Å². The van der Waals surface area contributed by atoms with E-state index in [1.165, 1.54) is 42.6 Å². The third-order valence-electron chi connectivity index (χ3n) is 6.86. The van der Waals surface area contributed by atoms with Crippen molar-refractivity contribution in [3.8, 4) is 5.75 Å². The highest BCUT2D eigenvalue weighted by molar-refractivity contribution is 8.93. The molecule has 3 unspecified atom stereocenters. The first-order valence-corrected chi connectivity index (χ1v) is 9.57. The van der Waals surface area contributed by atoms with E-state index in [9.17, 15) is 0 Å². The highest BCUT2D eigenvalue weighted by atomic mass is 79.9. The number of fused-ring (bicyclic) bond motifs is 4. The molecule has 0 radical (unpaired) electrons. The Balaban J connectivity index is 0.00000196. The minimum Gasteiger partial charge on any atom is -0.497 e. The number of rotatable bonds is 4. The molecule has 26 heavy (non-hydrogen) atoms. The first-order valence-electron chi connectivity index (χ1n) is 9.57. The van der Waals surface area contributed by atoms with Crippen molar-refractivity contribution >= 4 is 17.0 Å². The fourth-order valence-electron chi connectivity index (χ4n) is 5.01. The number of hydrogen-bond donors (Lipinski definition) is 0. The summed E-state index contributed by atoms with van der Waals surface area (Å²) in [7, 11) is 1.77. The molecular weight excluding hydrogens is 386 g/mol. The van der Waals surface area contributed by atoms with Crippen molar-refractivity contribution < 1.29 is 4.74 Å². The predicted molar refractivity (Wildman–Crippen MR) is 114 cm³/mol. The summed E-state index contributed by atoms with van der Waals surface area (Å²) in [6, 6.07) is 18.3. The van der Waals surface area contributed by atoms with Gasteiger partial charge in [-0.2, -0.15) is 0 Å². The van der Waals surface area contributed by atoms with Gasteiger partial charge in [0.1, 0.15) is 5.75 Å². The fraction of sp³-hybridized carbons (Fsp3) is 0.478. The summed E-state index contributed by atoms with van der Waals surface area (Å²) in [5, 5.41) is 0. The second-order valence-corrected chi connectivity index (χ2v) is 8.02. The average molecular weight is 416 g/mol. The molecule has 0 saturated carbocycles. The van der Waals surface area contributed by atoms with Gasteiger partial charge in [-0.15, -0.1) is 17.0 Å². The predicted octanol–water partition coefficient (Wildman–Crippen LogP) is 5.04. The van der Waals surface area contributed by atoms with Crippen LogP contribution in [0.25, 0.3) is 0 Å². The Morgan fingerprint density at radius 3 is 2.65 bits per heavy atom. The minimum absolute atomic E-state index is 0. The van der Waals surface area contributed by atoms with Crippen LogP contribution in [0.2, 0.25) is 0 Å². The van der Waals surface area contributed by atoms with Crippen LogP contribution in [0.1, 0.15) is 37.0 Å². The quantitative estimate of drug-likeness (QED) is 0.693. The molecule has 0 spiro atoms. The van der Waals surface area contributed by atoms with E-state index in [1.54, 1.807) is 7.11 Å². The van der Waals surface area contributed by atoms with Crippen molar-refractivity contribution in [3.63, 3.8) is 0 Å². The van der Waals surface area contributed by atoms with Crippen LogP contribution in [0.5, 0.6) is 5.75 Å². The second kappa shape index (κ2) is 7.74. The standard InChI is InChI=1S/C23H29NO.BrH/c1-17-22-15-19-9-10-20(25-3)16-21(19)23(17,2)12-14-24(22)13-11-18-7-5-4-6-8-18;/h4-10,16-17,22H,11-15H2,1-3H3;1H. The molecule has 3 heteroatoms. The SMILES string of the molecule is Br.COc1ccc2c(c1)C1(C)CCN(CCc3ccccc3)C(C2)C1C. The van der Waals surface area contributed by atoms with E-state index in [-0.39, 0.29) is 22.4 Å². The normalized spacial score (nSPS) is 27.3. The van der Waals surface area contributed by atoms with Crippen LogP contribution in [0.3, 0.4) is 0 Å². The maximum Gasteiger partial charge on any atom is 0.119 e. The molecule has 0 N–H and O–H groups in total. The number of likely N-dealkylation sites (tertiary alicyclic amines) is 1. The van der Waals surface area contributed by atoms with Gasteiger partial charge in [-0.3, -0.25) is 4.90 Å². The number of nitrogens with zero attached hydrogens (tertiary/aromatic N) is 1. The summed E-state index contributed by atoms with van der Waals surface area (Å²) in [6.07, 6.45) is 3.56. The Kier molecular flexibility index (Phi) is 5.78. The van der Waals surface area contributed by atoms with Gasteiger partial charge >= 0.3 is 0 Å². The van der Waals surface area contributed by atoms with Crippen LogP contribution in [0.4, 0.5) is 0 Å². The van der Waals surface area contributed by atoms with Gasteiger partial charge in [0, 0.05) is 12.6 Å². The topological polar surface area (TPSA) is 12.5 Å². The zero-order chi connectivity index (χ0) is 17.4. The highest BCUT2D eigenvalue weighted by Gasteiger charge is 2.48. The van der Waals surface area contributed by atoms with Crippen LogP contribution in [0.15, 0.2) is 48.5 Å². The van der Waals surface area contributed by atoms with E-state index in [2.05, 4.69) is 67.3 Å². The number of ether oxygens (including phenoxy) is 1. The number of benzene rings is 2. The first kappa shape index (κ1) is 19.4. The summed E-state index contributed by atoms with van der Waals surface area (Å²) in [5.41, 5.74) is 4.77. The first-order chi connectivity index (χ1) is 12.1. The second-order valence-electron chi connectivity index (χ2n) is 8.02. The van der Waals surface area contributed by atoms with Crippen molar-refractivity contribution in [2.75, 3.05) is 20.2 Å². The van der Waals surface area contributed by atoms with E-state index >= 15 is 0 Å². The van der Waals surface area contributed by atoms with E-state index in [0.717, 1.165) is 12.2 Å². The van der Waals surface area contributed by atoms with Crippen LogP contribution in [-0.2, 0) is 18.3 Å². The highest BCUT2D eigenvalue weighted by Crippen LogP contribution is 2.49. The molecule has 2 aromatic rings. The minimum atomic E-state index is 0. The Hall–Kier alpha value is -1.32. The molecule has 1 aliphatic heterocycles. The van der Waals surface area contributed by atoms with Crippen LogP contribution >= 0.6 is 17.0 Å². The Labute approximate surface area is 168 Å². The molecule has 2 aromatic carbocycles. The average Bonchev–Trinajstić information content (AvgIpc) is 2.64. The Morgan fingerprint density at radius 1 is 1.15 bits per heavy atom. The van der Waals surface area contributed by atoms with Gasteiger partial charge in [0.15, 0.2) is 0 Å². The lowest BCUT2D eigenvalue weighted by atomic mass is 9.59. The van der Waals surface area contributed by atoms with Crippen molar-refractivity contribution in [1.82, 2.24) is 4.90 Å². The van der Waals surface area contributed by atoms with Crippen LogP contribution in [0, 0.1) is 5.92 Å². The molecule has 0 aromatic heterocycles. The lowest BCUT2D eigenvalue weighted by Crippen LogP contribution is -2.58. The molecule has 2 nitrogen and oxygen atoms in total. The van der Waals surface area contributed by atoms with Crippen molar-refractivity contribution in [2.45, 2.75) is 44.6 Å². The molecule has 4 rings (SSSR count). The summed E-state index contributed by atoms with van der Waals surface area (Å²) < 4.78 is 5.50. The van der Waals surface area contributed by atoms with Gasteiger partial charge in [0.2, 0.25) is 0 Å². The smallest absolute Gasteiger partial charge is 0.119 e. The van der Waals surface area contributed by atoms with Crippen LogP contribution in [-0.4, -0.2) is 31.1 Å². The molecule has 1 saturated heterocycles. The summed E-state index contributed by atoms with van der Waals surface area (Å²) in [4.78, 5) is 2.74. The molecule has 140 valence electrons. The molecule has 2 bridgehead atoms. The van der Waals surface area contributed by atoms with Gasteiger partial charge in [0.25, 0.3) is 0 Å². The molecule has 3 atom stereocenters. The van der Waals surface area contributed by atoms with E-state index < -0.39 is 0 Å². The maximum absolute atomic E-state index is 5.50. The van der Waals surface area contributed by atoms with E-state index in [1.807, 2.05) is 0 Å². The van der Waals surface area contributed by atoms with Crippen molar-refractivity contribution in [3.05, 3.63) is 65.2 Å². The van der Waals surface area contributed by atoms with Gasteiger partial charge < -0.3 is 4.74 Å². The maximum atomic E-state index is 5.50. The molecule has 1 heterocycles. The third kappa shape index (κ3) is 3.32. The third-order valence-corrected chi connectivity index (χ3v) is 6.86. The van der Waals surface area contributed by atoms with Crippen molar-refractivity contribution in [2.24, 2.45) is 5.92 Å². The van der Waals surface area contributed by atoms with Gasteiger partial charge in [0.05, 0.1) is 7.11 Å². The number of methoxy groups -OCH3 is 1. The Bertz CT molecular complexity index is 747. The van der Waals surface area contributed by atoms with Gasteiger partial charge in [-0.1, -0.05) is 50.2 Å². The summed E-state index contributed by atoms with van der Waals surface area (Å²) in [6.45, 7) is 7.30. The number of piperidine rings is 1. The largest absolute Gasteiger partial charge is 0.497 e. The molecular formula is C23H30BrNO. The molecule has 2 aliphatic rings. The van der Waals surface area contributed by atoms with Gasteiger partial charge in [-0.05, 0) is 66.0 Å². The molecule has 1 aliphatic carbocycles. The lowest BCUT2D eigenvalue weighted by Gasteiger charge is -2.54. The van der Waals surface area contributed by atoms with Crippen LogP contribution < -0.4 is 4.74 Å². The molecule has 1 fully saturated rings. The summed E-state index contributed by atoms with van der Waals surface area (Å²) >= 11 is 0. The Morgan fingerprint density at radius 2 is 1.92 bits per heavy atom.